The standard InChI is InChI=1S/C11H16F2N2/c1-8(2)7-11(12,13)9-3-5-10(15-14)6-4-9/h3-6,8,15H,7,14H2,1-2H3. The lowest BCUT2D eigenvalue weighted by Crippen LogP contribution is -2.16. The summed E-state index contributed by atoms with van der Waals surface area (Å²) in [5.41, 5.74) is 3.06. The smallest absolute Gasteiger partial charge is 0.273 e. The molecule has 0 radical (unpaired) electrons. The Kier molecular flexibility index (Phi) is 3.63. The number of halogens is 2. The largest absolute Gasteiger partial charge is 0.324 e. The van der Waals surface area contributed by atoms with E-state index in [1.54, 1.807) is 26.0 Å². The van der Waals surface area contributed by atoms with Gasteiger partial charge in [-0.05, 0) is 18.1 Å². The number of hydrazine groups is 1. The Balaban J connectivity index is 2.85. The van der Waals surface area contributed by atoms with Crippen molar-refractivity contribution in [1.82, 2.24) is 0 Å². The van der Waals surface area contributed by atoms with Gasteiger partial charge in [0.05, 0.1) is 0 Å². The highest BCUT2D eigenvalue weighted by molar-refractivity contribution is 5.44. The van der Waals surface area contributed by atoms with Crippen molar-refractivity contribution in [3.8, 4) is 0 Å². The molecule has 2 nitrogen and oxygen atoms in total. The predicted molar refractivity (Wildman–Crippen MR) is 57.6 cm³/mol. The number of anilines is 1. The quantitative estimate of drug-likeness (QED) is 0.597. The minimum atomic E-state index is -2.76. The van der Waals surface area contributed by atoms with E-state index >= 15 is 0 Å². The molecule has 0 aliphatic rings. The molecule has 1 aromatic rings. The lowest BCUT2D eigenvalue weighted by atomic mass is 9.98. The van der Waals surface area contributed by atoms with E-state index in [4.69, 9.17) is 5.84 Å². The molecule has 1 rings (SSSR count). The Morgan fingerprint density at radius 1 is 1.27 bits per heavy atom. The molecule has 0 aliphatic carbocycles. The van der Waals surface area contributed by atoms with Crippen LogP contribution in [0.3, 0.4) is 0 Å². The zero-order valence-electron chi connectivity index (χ0n) is 8.93. The van der Waals surface area contributed by atoms with Crippen LogP contribution in [0.25, 0.3) is 0 Å². The maximum absolute atomic E-state index is 13.6. The third-order valence-corrected chi connectivity index (χ3v) is 2.14. The summed E-state index contributed by atoms with van der Waals surface area (Å²) in [6, 6.07) is 5.89. The number of benzene rings is 1. The number of alkyl halides is 2. The van der Waals surface area contributed by atoms with E-state index in [0.717, 1.165) is 0 Å². The molecule has 1 aromatic carbocycles. The van der Waals surface area contributed by atoms with Crippen molar-refractivity contribution in [2.45, 2.75) is 26.2 Å². The molecular formula is C11H16F2N2. The van der Waals surface area contributed by atoms with Gasteiger partial charge in [-0.1, -0.05) is 26.0 Å². The minimum absolute atomic E-state index is 0.0349. The van der Waals surface area contributed by atoms with Gasteiger partial charge in [0.25, 0.3) is 5.92 Å². The van der Waals surface area contributed by atoms with Gasteiger partial charge in [0.1, 0.15) is 0 Å². The van der Waals surface area contributed by atoms with E-state index < -0.39 is 5.92 Å². The summed E-state index contributed by atoms with van der Waals surface area (Å²) in [5.74, 6) is 2.35. The fraction of sp³-hybridized carbons (Fsp3) is 0.455. The van der Waals surface area contributed by atoms with E-state index in [9.17, 15) is 8.78 Å². The molecule has 84 valence electrons. The summed E-state index contributed by atoms with van der Waals surface area (Å²) in [6.07, 6.45) is -0.137. The van der Waals surface area contributed by atoms with E-state index in [2.05, 4.69) is 5.43 Å². The van der Waals surface area contributed by atoms with E-state index in [1.807, 2.05) is 0 Å². The molecule has 0 aromatic heterocycles. The Labute approximate surface area is 88.4 Å². The summed E-state index contributed by atoms with van der Waals surface area (Å²) in [5, 5.41) is 0. The first kappa shape index (κ1) is 11.9. The van der Waals surface area contributed by atoms with Gasteiger partial charge in [-0.2, -0.15) is 0 Å². The highest BCUT2D eigenvalue weighted by Gasteiger charge is 2.31. The van der Waals surface area contributed by atoms with Crippen LogP contribution in [0.1, 0.15) is 25.8 Å². The average molecular weight is 214 g/mol. The summed E-state index contributed by atoms with van der Waals surface area (Å²) in [7, 11) is 0. The summed E-state index contributed by atoms with van der Waals surface area (Å²) in [6.45, 7) is 3.56. The lowest BCUT2D eigenvalue weighted by Gasteiger charge is -2.19. The molecule has 0 amide bonds. The highest BCUT2D eigenvalue weighted by atomic mass is 19.3. The van der Waals surface area contributed by atoms with Crippen LogP contribution in [0, 0.1) is 5.92 Å². The molecule has 3 N–H and O–H groups in total. The molecule has 15 heavy (non-hydrogen) atoms. The molecule has 4 heteroatoms. The Morgan fingerprint density at radius 3 is 2.20 bits per heavy atom. The number of hydrogen-bond acceptors (Lipinski definition) is 2. The predicted octanol–water partition coefficient (Wildman–Crippen LogP) is 3.11. The fourth-order valence-corrected chi connectivity index (χ4v) is 1.44. The normalized spacial score (nSPS) is 11.9. The number of nitrogen functional groups attached to an aromatic ring is 1. The monoisotopic (exact) mass is 214 g/mol. The number of rotatable bonds is 4. The zero-order chi connectivity index (χ0) is 11.5. The van der Waals surface area contributed by atoms with Crippen LogP contribution in [0.2, 0.25) is 0 Å². The number of hydrogen-bond donors (Lipinski definition) is 2. The molecule has 0 saturated heterocycles. The summed E-state index contributed by atoms with van der Waals surface area (Å²) < 4.78 is 27.2. The first-order chi connectivity index (χ1) is 6.95. The lowest BCUT2D eigenvalue weighted by molar-refractivity contribution is -0.0249. The van der Waals surface area contributed by atoms with E-state index in [-0.39, 0.29) is 17.9 Å². The van der Waals surface area contributed by atoms with Crippen LogP contribution in [0.15, 0.2) is 24.3 Å². The first-order valence-electron chi connectivity index (χ1n) is 4.90. The van der Waals surface area contributed by atoms with Gasteiger partial charge in [0.2, 0.25) is 0 Å². The molecule has 0 fully saturated rings. The van der Waals surface area contributed by atoms with E-state index in [1.165, 1.54) is 12.1 Å². The van der Waals surface area contributed by atoms with Gasteiger partial charge >= 0.3 is 0 Å². The van der Waals surface area contributed by atoms with Crippen LogP contribution in [-0.4, -0.2) is 0 Å². The van der Waals surface area contributed by atoms with Crippen molar-refractivity contribution in [3.63, 3.8) is 0 Å². The topological polar surface area (TPSA) is 38.0 Å². The van der Waals surface area contributed by atoms with Gasteiger partial charge in [-0.25, -0.2) is 8.78 Å². The van der Waals surface area contributed by atoms with Gasteiger partial charge in [-0.3, -0.25) is 5.84 Å². The van der Waals surface area contributed by atoms with Gasteiger partial charge in [-0.15, -0.1) is 0 Å². The molecule has 0 spiro atoms. The van der Waals surface area contributed by atoms with Crippen LogP contribution in [0.4, 0.5) is 14.5 Å². The van der Waals surface area contributed by atoms with Crippen molar-refractivity contribution in [2.24, 2.45) is 11.8 Å². The molecule has 0 bridgehead atoms. The molecule has 0 unspecified atom stereocenters. The SMILES string of the molecule is CC(C)CC(F)(F)c1ccc(NN)cc1. The van der Waals surface area contributed by atoms with Crippen LogP contribution >= 0.6 is 0 Å². The van der Waals surface area contributed by atoms with E-state index in [0.29, 0.717) is 5.69 Å². The second kappa shape index (κ2) is 4.57. The fourth-order valence-electron chi connectivity index (χ4n) is 1.44. The van der Waals surface area contributed by atoms with Crippen molar-refractivity contribution < 1.29 is 8.78 Å². The Morgan fingerprint density at radius 2 is 1.80 bits per heavy atom. The van der Waals surface area contributed by atoms with Gasteiger partial charge in [0, 0.05) is 17.7 Å². The molecule has 0 atom stereocenters. The van der Waals surface area contributed by atoms with Crippen molar-refractivity contribution in [3.05, 3.63) is 29.8 Å². The highest BCUT2D eigenvalue weighted by Crippen LogP contribution is 2.34. The Bertz CT molecular complexity index is 307. The number of nitrogens with one attached hydrogen (secondary N) is 1. The maximum Gasteiger partial charge on any atom is 0.273 e. The Hall–Kier alpha value is -1.16. The first-order valence-corrected chi connectivity index (χ1v) is 4.90. The van der Waals surface area contributed by atoms with Crippen molar-refractivity contribution >= 4 is 5.69 Å². The second-order valence-corrected chi connectivity index (χ2v) is 4.02. The summed E-state index contributed by atoms with van der Waals surface area (Å²) in [4.78, 5) is 0. The van der Waals surface area contributed by atoms with Crippen molar-refractivity contribution in [2.75, 3.05) is 5.43 Å². The number of nitrogens with two attached hydrogens (primary N) is 1. The third-order valence-electron chi connectivity index (χ3n) is 2.14. The third kappa shape index (κ3) is 3.16. The van der Waals surface area contributed by atoms with Crippen LogP contribution in [0.5, 0.6) is 0 Å². The van der Waals surface area contributed by atoms with Crippen LogP contribution < -0.4 is 11.3 Å². The molecule has 0 aliphatic heterocycles. The van der Waals surface area contributed by atoms with Crippen LogP contribution in [-0.2, 0) is 5.92 Å². The minimum Gasteiger partial charge on any atom is -0.324 e. The van der Waals surface area contributed by atoms with Gasteiger partial charge in [0.15, 0.2) is 0 Å². The zero-order valence-corrected chi connectivity index (χ0v) is 8.93. The molecular weight excluding hydrogens is 198 g/mol. The average Bonchev–Trinajstić information content (AvgIpc) is 2.16. The molecule has 0 heterocycles. The summed E-state index contributed by atoms with van der Waals surface area (Å²) >= 11 is 0. The van der Waals surface area contributed by atoms with Crippen molar-refractivity contribution in [1.29, 1.82) is 0 Å². The van der Waals surface area contributed by atoms with Gasteiger partial charge < -0.3 is 5.43 Å². The maximum atomic E-state index is 13.6. The second-order valence-electron chi connectivity index (χ2n) is 4.02. The molecule has 0 saturated carbocycles.